The number of nitrogens with zero attached hydrogens (tertiary/aromatic N) is 1. The topological polar surface area (TPSA) is 75.4 Å². The molecule has 2 N–H and O–H groups in total. The SMILES string of the molecule is O=C(O)c1coc(NCc2sccc2Br)n1. The lowest BCUT2D eigenvalue weighted by atomic mass is 10.5. The molecule has 0 fully saturated rings. The molecule has 0 spiro atoms. The molecular formula is C9H7BrN2O3S. The number of carbonyl (C=O) groups is 1. The number of hydrogen-bond donors (Lipinski definition) is 2. The van der Waals surface area contributed by atoms with Gasteiger partial charge in [-0.3, -0.25) is 0 Å². The lowest BCUT2D eigenvalue weighted by Crippen LogP contribution is -2.00. The molecule has 0 aliphatic carbocycles. The summed E-state index contributed by atoms with van der Waals surface area (Å²) in [6, 6.07) is 2.15. The zero-order valence-electron chi connectivity index (χ0n) is 7.94. The number of carboxylic acids is 1. The Morgan fingerprint density at radius 1 is 1.69 bits per heavy atom. The van der Waals surface area contributed by atoms with Gasteiger partial charge < -0.3 is 14.8 Å². The summed E-state index contributed by atoms with van der Waals surface area (Å²) >= 11 is 4.98. The number of nitrogens with one attached hydrogen (secondary N) is 1. The van der Waals surface area contributed by atoms with Crippen LogP contribution in [0.15, 0.2) is 26.6 Å². The predicted octanol–water partition coefficient (Wildman–Crippen LogP) is 2.81. The Morgan fingerprint density at radius 3 is 3.06 bits per heavy atom. The maximum atomic E-state index is 10.5. The summed E-state index contributed by atoms with van der Waals surface area (Å²) in [6.07, 6.45) is 1.11. The molecule has 2 aromatic heterocycles. The minimum absolute atomic E-state index is 0.104. The van der Waals surface area contributed by atoms with Gasteiger partial charge in [0.15, 0.2) is 5.69 Å². The summed E-state index contributed by atoms with van der Waals surface area (Å²) in [6.45, 7) is 0.540. The molecule has 5 nitrogen and oxygen atoms in total. The van der Waals surface area contributed by atoms with Crippen LogP contribution in [0.4, 0.5) is 6.01 Å². The molecule has 2 rings (SSSR count). The number of oxazole rings is 1. The van der Waals surface area contributed by atoms with E-state index in [2.05, 4.69) is 26.2 Å². The monoisotopic (exact) mass is 302 g/mol. The molecule has 16 heavy (non-hydrogen) atoms. The second-order valence-electron chi connectivity index (χ2n) is 2.89. The van der Waals surface area contributed by atoms with Crippen LogP contribution in [0.2, 0.25) is 0 Å². The Labute approximate surface area is 103 Å². The Kier molecular flexibility index (Phi) is 3.25. The van der Waals surface area contributed by atoms with Crippen LogP contribution in [0.3, 0.4) is 0 Å². The number of halogens is 1. The third kappa shape index (κ3) is 2.42. The van der Waals surface area contributed by atoms with E-state index in [1.54, 1.807) is 11.3 Å². The molecule has 0 unspecified atom stereocenters. The smallest absolute Gasteiger partial charge is 0.357 e. The van der Waals surface area contributed by atoms with Crippen molar-refractivity contribution in [2.45, 2.75) is 6.54 Å². The van der Waals surface area contributed by atoms with E-state index in [9.17, 15) is 4.79 Å². The van der Waals surface area contributed by atoms with E-state index < -0.39 is 5.97 Å². The first-order valence-electron chi connectivity index (χ1n) is 4.31. The van der Waals surface area contributed by atoms with Gasteiger partial charge in [0.1, 0.15) is 6.26 Å². The molecule has 0 radical (unpaired) electrons. The van der Waals surface area contributed by atoms with Gasteiger partial charge in [-0.05, 0) is 27.4 Å². The third-order valence-corrected chi connectivity index (χ3v) is 3.74. The molecule has 0 amide bonds. The summed E-state index contributed by atoms with van der Waals surface area (Å²) in [5.74, 6) is -1.10. The third-order valence-electron chi connectivity index (χ3n) is 1.81. The van der Waals surface area contributed by atoms with Crippen LogP contribution in [-0.4, -0.2) is 16.1 Å². The van der Waals surface area contributed by atoms with E-state index in [1.807, 2.05) is 11.4 Å². The summed E-state index contributed by atoms with van der Waals surface area (Å²) in [5, 5.41) is 13.5. The van der Waals surface area contributed by atoms with E-state index in [0.29, 0.717) is 6.54 Å². The van der Waals surface area contributed by atoms with Gasteiger partial charge in [0.2, 0.25) is 0 Å². The molecule has 7 heteroatoms. The first kappa shape index (κ1) is 11.2. The number of thiophene rings is 1. The van der Waals surface area contributed by atoms with Gasteiger partial charge in [-0.2, -0.15) is 4.98 Å². The quantitative estimate of drug-likeness (QED) is 0.908. The fourth-order valence-corrected chi connectivity index (χ4v) is 2.49. The molecular weight excluding hydrogens is 296 g/mol. The zero-order valence-corrected chi connectivity index (χ0v) is 10.3. The van der Waals surface area contributed by atoms with Gasteiger partial charge in [-0.15, -0.1) is 11.3 Å². The van der Waals surface area contributed by atoms with Crippen molar-refractivity contribution in [3.63, 3.8) is 0 Å². The standard InChI is InChI=1S/C9H7BrN2O3S/c10-5-1-2-16-7(5)3-11-9-12-6(4-15-9)8(13)14/h1-2,4H,3H2,(H,11,12)(H,13,14). The van der Waals surface area contributed by atoms with E-state index in [-0.39, 0.29) is 11.7 Å². The Morgan fingerprint density at radius 2 is 2.50 bits per heavy atom. The van der Waals surface area contributed by atoms with E-state index in [4.69, 9.17) is 9.52 Å². The van der Waals surface area contributed by atoms with Crippen LogP contribution < -0.4 is 5.32 Å². The number of aromatic nitrogens is 1. The van der Waals surface area contributed by atoms with Crippen LogP contribution >= 0.6 is 27.3 Å². The van der Waals surface area contributed by atoms with Crippen LogP contribution in [0, 0.1) is 0 Å². The summed E-state index contributed by atoms with van der Waals surface area (Å²) in [7, 11) is 0. The van der Waals surface area contributed by atoms with Crippen LogP contribution in [0.5, 0.6) is 0 Å². The molecule has 0 aromatic carbocycles. The van der Waals surface area contributed by atoms with Gasteiger partial charge in [-0.1, -0.05) is 0 Å². The van der Waals surface area contributed by atoms with Crippen molar-refractivity contribution in [2.24, 2.45) is 0 Å². The number of hydrogen-bond acceptors (Lipinski definition) is 5. The Balaban J connectivity index is 2.00. The molecule has 2 aromatic rings. The van der Waals surface area contributed by atoms with Crippen molar-refractivity contribution in [1.29, 1.82) is 0 Å². The zero-order chi connectivity index (χ0) is 11.5. The van der Waals surface area contributed by atoms with Crippen molar-refractivity contribution in [1.82, 2.24) is 4.98 Å². The van der Waals surface area contributed by atoms with E-state index >= 15 is 0 Å². The number of carboxylic acid groups (broad SMARTS) is 1. The highest BCUT2D eigenvalue weighted by atomic mass is 79.9. The van der Waals surface area contributed by atoms with Gasteiger partial charge in [0, 0.05) is 9.35 Å². The average Bonchev–Trinajstić information content (AvgIpc) is 2.83. The summed E-state index contributed by atoms with van der Waals surface area (Å²) in [4.78, 5) is 15.4. The van der Waals surface area contributed by atoms with Crippen molar-refractivity contribution >= 4 is 39.3 Å². The van der Waals surface area contributed by atoms with Gasteiger partial charge in [0.25, 0.3) is 6.01 Å². The lowest BCUT2D eigenvalue weighted by molar-refractivity contribution is 0.0690. The summed E-state index contributed by atoms with van der Waals surface area (Å²) < 4.78 is 5.96. The first-order valence-corrected chi connectivity index (χ1v) is 5.98. The van der Waals surface area contributed by atoms with Crippen LogP contribution in [0.25, 0.3) is 0 Å². The molecule has 0 aliphatic rings. The van der Waals surface area contributed by atoms with E-state index in [0.717, 1.165) is 15.6 Å². The van der Waals surface area contributed by atoms with Crippen LogP contribution in [0.1, 0.15) is 15.4 Å². The highest BCUT2D eigenvalue weighted by Crippen LogP contribution is 2.23. The normalized spacial score (nSPS) is 10.3. The highest BCUT2D eigenvalue weighted by Gasteiger charge is 2.10. The molecule has 0 atom stereocenters. The Hall–Kier alpha value is -1.34. The van der Waals surface area contributed by atoms with Crippen molar-refractivity contribution in [3.05, 3.63) is 32.8 Å². The van der Waals surface area contributed by atoms with Crippen molar-refractivity contribution < 1.29 is 14.3 Å². The first-order chi connectivity index (χ1) is 7.66. The number of anilines is 1. The molecule has 0 bridgehead atoms. The number of aromatic carboxylic acids is 1. The summed E-state index contributed by atoms with van der Waals surface area (Å²) in [5.41, 5.74) is -0.104. The van der Waals surface area contributed by atoms with Gasteiger partial charge in [0.05, 0.1) is 6.54 Å². The predicted molar refractivity (Wildman–Crippen MR) is 62.8 cm³/mol. The average molecular weight is 303 g/mol. The largest absolute Gasteiger partial charge is 0.476 e. The molecule has 0 saturated heterocycles. The maximum Gasteiger partial charge on any atom is 0.357 e. The van der Waals surface area contributed by atoms with E-state index in [1.165, 1.54) is 0 Å². The highest BCUT2D eigenvalue weighted by molar-refractivity contribution is 9.10. The molecule has 2 heterocycles. The Bertz CT molecular complexity index is 508. The second-order valence-corrected chi connectivity index (χ2v) is 4.74. The maximum absolute atomic E-state index is 10.5. The van der Waals surface area contributed by atoms with Crippen molar-refractivity contribution in [3.8, 4) is 0 Å². The van der Waals surface area contributed by atoms with Gasteiger partial charge in [-0.25, -0.2) is 4.79 Å². The number of rotatable bonds is 4. The minimum atomic E-state index is -1.10. The fourth-order valence-electron chi connectivity index (χ4n) is 1.06. The molecule has 84 valence electrons. The second kappa shape index (κ2) is 4.67. The fraction of sp³-hybridized carbons (Fsp3) is 0.111. The van der Waals surface area contributed by atoms with Crippen LogP contribution in [-0.2, 0) is 6.54 Å². The minimum Gasteiger partial charge on any atom is -0.476 e. The van der Waals surface area contributed by atoms with Gasteiger partial charge >= 0.3 is 5.97 Å². The van der Waals surface area contributed by atoms with Crippen molar-refractivity contribution in [2.75, 3.05) is 5.32 Å². The molecule has 0 aliphatic heterocycles. The molecule has 0 saturated carbocycles. The lowest BCUT2D eigenvalue weighted by Gasteiger charge is -1.98.